The van der Waals surface area contributed by atoms with Gasteiger partial charge in [0, 0.05) is 17.5 Å². The van der Waals surface area contributed by atoms with Gasteiger partial charge in [-0.1, -0.05) is 29.8 Å². The van der Waals surface area contributed by atoms with Crippen molar-refractivity contribution in [3.05, 3.63) is 119 Å². The number of benzene rings is 2. The molecule has 0 aliphatic rings. The van der Waals surface area contributed by atoms with Crippen molar-refractivity contribution >= 4 is 21.6 Å². The molecular formula is C26H21F2N3O3S. The van der Waals surface area contributed by atoms with Crippen molar-refractivity contribution in [3.63, 3.8) is 0 Å². The summed E-state index contributed by atoms with van der Waals surface area (Å²) in [4.78, 5) is 20.8. The lowest BCUT2D eigenvalue weighted by Crippen LogP contribution is -2.20. The van der Waals surface area contributed by atoms with Crippen molar-refractivity contribution in [2.45, 2.75) is 23.5 Å². The third-order valence-corrected chi connectivity index (χ3v) is 7.32. The fourth-order valence-electron chi connectivity index (χ4n) is 3.59. The molecule has 1 amide bonds. The van der Waals surface area contributed by atoms with Crippen molar-refractivity contribution in [1.29, 1.82) is 0 Å². The monoisotopic (exact) mass is 493 g/mol. The predicted octanol–water partition coefficient (Wildman–Crippen LogP) is 4.81. The van der Waals surface area contributed by atoms with E-state index in [2.05, 4.69) is 15.3 Å². The molecule has 0 saturated carbocycles. The molecule has 0 aliphatic carbocycles. The van der Waals surface area contributed by atoms with Crippen molar-refractivity contribution in [2.75, 3.05) is 5.32 Å². The van der Waals surface area contributed by atoms with Gasteiger partial charge in [0.05, 0.1) is 17.0 Å². The predicted molar refractivity (Wildman–Crippen MR) is 127 cm³/mol. The summed E-state index contributed by atoms with van der Waals surface area (Å²) in [6.07, 6.45) is 1.55. The highest BCUT2D eigenvalue weighted by atomic mass is 32.2. The first-order valence-corrected chi connectivity index (χ1v) is 12.2. The number of carbonyl (C=O) groups is 1. The third kappa shape index (κ3) is 5.58. The lowest BCUT2D eigenvalue weighted by molar-refractivity contribution is -0.115. The highest BCUT2D eigenvalue weighted by Crippen LogP contribution is 2.36. The zero-order valence-corrected chi connectivity index (χ0v) is 19.5. The molecule has 1 N–H and O–H groups in total. The second-order valence-electron chi connectivity index (χ2n) is 7.90. The molecule has 178 valence electrons. The first kappa shape index (κ1) is 24.2. The van der Waals surface area contributed by atoms with Gasteiger partial charge in [-0.05, 0) is 61.5 Å². The smallest absolute Gasteiger partial charge is 0.231 e. The number of sulfone groups is 1. The molecular weight excluding hydrogens is 472 g/mol. The summed E-state index contributed by atoms with van der Waals surface area (Å²) in [7, 11) is -4.25. The first-order valence-electron chi connectivity index (χ1n) is 10.7. The van der Waals surface area contributed by atoms with Crippen LogP contribution >= 0.6 is 0 Å². The van der Waals surface area contributed by atoms with Crippen molar-refractivity contribution in [3.8, 4) is 0 Å². The van der Waals surface area contributed by atoms with E-state index in [1.165, 1.54) is 30.3 Å². The van der Waals surface area contributed by atoms with Gasteiger partial charge < -0.3 is 5.32 Å². The normalized spacial score (nSPS) is 12.2. The van der Waals surface area contributed by atoms with Gasteiger partial charge in [-0.15, -0.1) is 0 Å². The van der Waals surface area contributed by atoms with Crippen molar-refractivity contribution in [2.24, 2.45) is 0 Å². The van der Waals surface area contributed by atoms with E-state index in [9.17, 15) is 22.0 Å². The van der Waals surface area contributed by atoms with Crippen LogP contribution in [0.25, 0.3) is 0 Å². The number of nitrogens with zero attached hydrogens (tertiary/aromatic N) is 2. The van der Waals surface area contributed by atoms with E-state index in [1.54, 1.807) is 43.5 Å². The average molecular weight is 494 g/mol. The molecule has 1 atom stereocenters. The molecule has 4 aromatic rings. The summed E-state index contributed by atoms with van der Waals surface area (Å²) in [6, 6.07) is 18.2. The number of anilines is 1. The maximum Gasteiger partial charge on any atom is 0.231 e. The number of aryl methyl sites for hydroxylation is 1. The number of hydrogen-bond donors (Lipinski definition) is 1. The van der Waals surface area contributed by atoms with Crippen LogP contribution in [0, 0.1) is 18.6 Å². The van der Waals surface area contributed by atoms with Gasteiger partial charge in [-0.2, -0.15) is 0 Å². The van der Waals surface area contributed by atoms with E-state index < -0.39 is 32.6 Å². The van der Waals surface area contributed by atoms with E-state index >= 15 is 0 Å². The summed E-state index contributed by atoms with van der Waals surface area (Å²) >= 11 is 0. The zero-order valence-electron chi connectivity index (χ0n) is 18.7. The molecule has 9 heteroatoms. The van der Waals surface area contributed by atoms with Crippen LogP contribution in [0.1, 0.15) is 27.8 Å². The summed E-state index contributed by atoms with van der Waals surface area (Å²) < 4.78 is 56.2. The van der Waals surface area contributed by atoms with Crippen LogP contribution in [0.15, 0.2) is 90.0 Å². The lowest BCUT2D eigenvalue weighted by Gasteiger charge is -2.19. The largest absolute Gasteiger partial charge is 0.310 e. The van der Waals surface area contributed by atoms with Gasteiger partial charge in [-0.3, -0.25) is 9.78 Å². The van der Waals surface area contributed by atoms with Gasteiger partial charge in [0.2, 0.25) is 5.91 Å². The number of nitrogens with one attached hydrogen (secondary N) is 1. The summed E-state index contributed by atoms with van der Waals surface area (Å²) in [5.41, 5.74) is 0.941. The first-order chi connectivity index (χ1) is 16.7. The van der Waals surface area contributed by atoms with Crippen LogP contribution in [0.4, 0.5) is 14.6 Å². The van der Waals surface area contributed by atoms with Gasteiger partial charge in [0.1, 0.15) is 22.7 Å². The molecule has 0 aliphatic heterocycles. The van der Waals surface area contributed by atoms with Gasteiger partial charge in [0.15, 0.2) is 9.84 Å². The molecule has 0 bridgehead atoms. The number of rotatable bonds is 7. The second kappa shape index (κ2) is 10.1. The van der Waals surface area contributed by atoms with E-state index in [1.807, 2.05) is 0 Å². The van der Waals surface area contributed by atoms with E-state index in [-0.39, 0.29) is 28.4 Å². The number of amides is 1. The quantitative estimate of drug-likeness (QED) is 0.399. The number of carbonyl (C=O) groups excluding carboxylic acids is 1. The molecule has 6 nitrogen and oxygen atoms in total. The number of hydrogen-bond acceptors (Lipinski definition) is 5. The Balaban J connectivity index is 1.75. The lowest BCUT2D eigenvalue weighted by atomic mass is 10.1. The topological polar surface area (TPSA) is 89.0 Å². The number of aromatic nitrogens is 2. The molecule has 0 fully saturated rings. The fourth-order valence-corrected chi connectivity index (χ4v) is 5.34. The highest BCUT2D eigenvalue weighted by molar-refractivity contribution is 7.91. The van der Waals surface area contributed by atoms with Crippen LogP contribution in [0.5, 0.6) is 0 Å². The van der Waals surface area contributed by atoms with Crippen LogP contribution in [-0.4, -0.2) is 24.3 Å². The molecule has 2 aromatic heterocycles. The highest BCUT2D eigenvalue weighted by Gasteiger charge is 2.34. The van der Waals surface area contributed by atoms with Crippen LogP contribution in [0.3, 0.4) is 0 Å². The minimum Gasteiger partial charge on any atom is -0.310 e. The van der Waals surface area contributed by atoms with Gasteiger partial charge >= 0.3 is 0 Å². The summed E-state index contributed by atoms with van der Waals surface area (Å²) in [5.74, 6) is -2.02. The number of pyridine rings is 2. The summed E-state index contributed by atoms with van der Waals surface area (Å²) in [5, 5.41) is 0.964. The standard InChI is InChI=1S/C26H21F2N3O3S/c1-17-8-11-20(12-9-17)35(33,34)26(21-15-18(27)10-13-22(21)28)23-6-4-7-24(30-23)31-25(32)16-19-5-2-3-14-29-19/h2-15,26H,16H2,1H3,(H,30,31,32). The minimum atomic E-state index is -4.25. The molecule has 2 heterocycles. The Hall–Kier alpha value is -3.98. The average Bonchev–Trinajstić information content (AvgIpc) is 2.82. The Morgan fingerprint density at radius 1 is 0.971 bits per heavy atom. The Bertz CT molecular complexity index is 1460. The van der Waals surface area contributed by atoms with E-state index in [4.69, 9.17) is 0 Å². The molecule has 0 saturated heterocycles. The van der Waals surface area contributed by atoms with Crippen molar-refractivity contribution in [1.82, 2.24) is 9.97 Å². The number of halogens is 2. The maximum absolute atomic E-state index is 14.8. The van der Waals surface area contributed by atoms with Crippen LogP contribution in [-0.2, 0) is 21.1 Å². The minimum absolute atomic E-state index is 0.0175. The van der Waals surface area contributed by atoms with Gasteiger partial charge in [-0.25, -0.2) is 22.2 Å². The molecule has 4 rings (SSSR count). The third-order valence-electron chi connectivity index (χ3n) is 5.27. The molecule has 2 aromatic carbocycles. The van der Waals surface area contributed by atoms with Crippen LogP contribution < -0.4 is 5.32 Å². The molecule has 1 unspecified atom stereocenters. The maximum atomic E-state index is 14.8. The molecule has 0 spiro atoms. The van der Waals surface area contributed by atoms with E-state index in [0.717, 1.165) is 23.8 Å². The van der Waals surface area contributed by atoms with Crippen molar-refractivity contribution < 1.29 is 22.0 Å². The van der Waals surface area contributed by atoms with E-state index in [0.29, 0.717) is 5.69 Å². The van der Waals surface area contributed by atoms with Gasteiger partial charge in [0.25, 0.3) is 0 Å². The second-order valence-corrected chi connectivity index (χ2v) is 9.93. The van der Waals surface area contributed by atoms with Crippen LogP contribution in [0.2, 0.25) is 0 Å². The Morgan fingerprint density at radius 3 is 2.46 bits per heavy atom. The zero-order chi connectivity index (χ0) is 25.0. The Morgan fingerprint density at radius 2 is 1.74 bits per heavy atom. The molecule has 0 radical (unpaired) electrons. The Kier molecular flexibility index (Phi) is 6.97. The SMILES string of the molecule is Cc1ccc(S(=O)(=O)C(c2cccc(NC(=O)Cc3ccccn3)n2)c2cc(F)ccc2F)cc1. The fraction of sp³-hybridized carbons (Fsp3) is 0.115. The molecule has 35 heavy (non-hydrogen) atoms. The summed E-state index contributed by atoms with van der Waals surface area (Å²) in [6.45, 7) is 1.80. The Labute approximate surface area is 201 Å².